The molecule has 1 amide bonds. The molecule has 1 heterocycles. The molecule has 6 heteroatoms. The van der Waals surface area contributed by atoms with Crippen LogP contribution in [0.2, 0.25) is 0 Å². The largest absolute Gasteiger partial charge is 0.497 e. The van der Waals surface area contributed by atoms with Crippen LogP contribution in [0.3, 0.4) is 0 Å². The van der Waals surface area contributed by atoms with Crippen LogP contribution in [0.4, 0.5) is 0 Å². The average molecular weight is 431 g/mol. The molecular weight excluding hydrogens is 406 g/mol. The number of methoxy groups -OCH3 is 2. The molecule has 1 N–H and O–H groups in total. The van der Waals surface area contributed by atoms with Crippen molar-refractivity contribution in [3.63, 3.8) is 0 Å². The smallest absolute Gasteiger partial charge is 0.339 e. The minimum atomic E-state index is -0.867. The lowest BCUT2D eigenvalue weighted by Gasteiger charge is -2.27. The molecule has 1 aliphatic heterocycles. The van der Waals surface area contributed by atoms with Crippen LogP contribution in [0.5, 0.6) is 11.5 Å². The third-order valence-electron chi connectivity index (χ3n) is 5.62. The Morgan fingerprint density at radius 2 is 1.59 bits per heavy atom. The summed E-state index contributed by atoms with van der Waals surface area (Å²) in [6.45, 7) is 0. The first-order valence-electron chi connectivity index (χ1n) is 10.4. The number of ether oxygens (including phenoxy) is 3. The Balaban J connectivity index is 1.55. The second kappa shape index (κ2) is 9.56. The number of fused-ring (bicyclic) bond motifs is 1. The molecule has 0 saturated carbocycles. The van der Waals surface area contributed by atoms with Crippen molar-refractivity contribution in [3.05, 3.63) is 95.1 Å². The number of carbonyl (C=O) groups is 2. The molecule has 0 radical (unpaired) electrons. The summed E-state index contributed by atoms with van der Waals surface area (Å²) in [6, 6.07) is 22.2. The molecule has 4 rings (SSSR count). The fraction of sp³-hybridized carbons (Fsp3) is 0.231. The molecule has 3 aromatic rings. The van der Waals surface area contributed by atoms with Gasteiger partial charge in [0.15, 0.2) is 6.10 Å². The predicted octanol–water partition coefficient (Wildman–Crippen LogP) is 3.89. The minimum Gasteiger partial charge on any atom is -0.497 e. The first kappa shape index (κ1) is 21.4. The molecule has 2 unspecified atom stereocenters. The zero-order valence-electron chi connectivity index (χ0n) is 18.0. The summed E-state index contributed by atoms with van der Waals surface area (Å²) in [5, 5.41) is 3.08. The van der Waals surface area contributed by atoms with E-state index in [1.54, 1.807) is 26.4 Å². The maximum atomic E-state index is 13.1. The summed E-state index contributed by atoms with van der Waals surface area (Å²) in [5.41, 5.74) is 3.30. The van der Waals surface area contributed by atoms with Crippen LogP contribution < -0.4 is 14.8 Å². The van der Waals surface area contributed by atoms with Crippen LogP contribution in [0.25, 0.3) is 0 Å². The average Bonchev–Trinajstić information content (AvgIpc) is 2.84. The van der Waals surface area contributed by atoms with Crippen LogP contribution in [-0.2, 0) is 22.4 Å². The number of esters is 1. The summed E-state index contributed by atoms with van der Waals surface area (Å²) >= 11 is 0. The first-order valence-corrected chi connectivity index (χ1v) is 10.4. The molecule has 0 bridgehead atoms. The SMILES string of the molecule is COc1ccc(CC(NC(=O)C2Cc3ccccc3C(=O)O2)c2ccc(OC)cc2)cc1. The lowest BCUT2D eigenvalue weighted by Crippen LogP contribution is -2.43. The van der Waals surface area contributed by atoms with Gasteiger partial charge >= 0.3 is 5.97 Å². The van der Waals surface area contributed by atoms with E-state index in [0.29, 0.717) is 18.4 Å². The summed E-state index contributed by atoms with van der Waals surface area (Å²) in [4.78, 5) is 25.5. The second-order valence-electron chi connectivity index (χ2n) is 7.64. The fourth-order valence-corrected chi connectivity index (χ4v) is 3.83. The summed E-state index contributed by atoms with van der Waals surface area (Å²) in [7, 11) is 3.24. The van der Waals surface area contributed by atoms with Crippen molar-refractivity contribution in [3.8, 4) is 11.5 Å². The van der Waals surface area contributed by atoms with Gasteiger partial charge in [-0.05, 0) is 53.4 Å². The molecule has 0 fully saturated rings. The molecule has 0 aliphatic carbocycles. The second-order valence-corrected chi connectivity index (χ2v) is 7.64. The third kappa shape index (κ3) is 4.75. The molecule has 1 aliphatic rings. The van der Waals surface area contributed by atoms with Crippen molar-refractivity contribution in [1.82, 2.24) is 5.32 Å². The van der Waals surface area contributed by atoms with Crippen molar-refractivity contribution in [2.24, 2.45) is 0 Å². The highest BCUT2D eigenvalue weighted by atomic mass is 16.5. The Labute approximate surface area is 187 Å². The van der Waals surface area contributed by atoms with E-state index in [4.69, 9.17) is 14.2 Å². The van der Waals surface area contributed by atoms with E-state index < -0.39 is 12.1 Å². The van der Waals surface area contributed by atoms with Crippen LogP contribution >= 0.6 is 0 Å². The van der Waals surface area contributed by atoms with Gasteiger partial charge in [0.25, 0.3) is 5.91 Å². The number of nitrogens with one attached hydrogen (secondary N) is 1. The number of amides is 1. The Morgan fingerprint density at radius 1 is 0.969 bits per heavy atom. The number of cyclic esters (lactones) is 1. The molecule has 3 aromatic carbocycles. The Morgan fingerprint density at radius 3 is 2.25 bits per heavy atom. The topological polar surface area (TPSA) is 73.9 Å². The minimum absolute atomic E-state index is 0.308. The fourth-order valence-electron chi connectivity index (χ4n) is 3.83. The zero-order chi connectivity index (χ0) is 22.5. The highest BCUT2D eigenvalue weighted by molar-refractivity contribution is 5.95. The first-order chi connectivity index (χ1) is 15.6. The highest BCUT2D eigenvalue weighted by Gasteiger charge is 2.32. The Bertz CT molecular complexity index is 1090. The summed E-state index contributed by atoms with van der Waals surface area (Å²) in [5.74, 6) is 0.720. The van der Waals surface area contributed by atoms with E-state index in [-0.39, 0.29) is 11.9 Å². The summed E-state index contributed by atoms with van der Waals surface area (Å²) < 4.78 is 15.9. The van der Waals surface area contributed by atoms with Crippen molar-refractivity contribution in [2.45, 2.75) is 25.0 Å². The Hall–Kier alpha value is -3.80. The molecule has 0 spiro atoms. The molecule has 164 valence electrons. The van der Waals surface area contributed by atoms with Gasteiger partial charge in [0.1, 0.15) is 11.5 Å². The molecular formula is C26H25NO5. The van der Waals surface area contributed by atoms with E-state index >= 15 is 0 Å². The lowest BCUT2D eigenvalue weighted by molar-refractivity contribution is -0.131. The Kier molecular flexibility index (Phi) is 6.40. The van der Waals surface area contributed by atoms with Crippen LogP contribution in [-0.4, -0.2) is 32.2 Å². The van der Waals surface area contributed by atoms with Gasteiger partial charge in [-0.1, -0.05) is 42.5 Å². The third-order valence-corrected chi connectivity index (χ3v) is 5.62. The highest BCUT2D eigenvalue weighted by Crippen LogP contribution is 2.25. The van der Waals surface area contributed by atoms with Gasteiger partial charge in [-0.3, -0.25) is 4.79 Å². The molecule has 0 aromatic heterocycles. The standard InChI is InChI=1S/C26H25NO5/c1-30-20-11-7-17(8-12-20)15-23(18-9-13-21(31-2)14-10-18)27-25(28)24-16-19-5-3-4-6-22(19)26(29)32-24/h3-14,23-24H,15-16H2,1-2H3,(H,27,28). The molecule has 32 heavy (non-hydrogen) atoms. The van der Waals surface area contributed by atoms with Crippen LogP contribution in [0, 0.1) is 0 Å². The van der Waals surface area contributed by atoms with Crippen LogP contribution in [0.1, 0.15) is 33.1 Å². The van der Waals surface area contributed by atoms with Gasteiger partial charge in [-0.2, -0.15) is 0 Å². The van der Waals surface area contributed by atoms with Crippen molar-refractivity contribution in [1.29, 1.82) is 0 Å². The van der Waals surface area contributed by atoms with Gasteiger partial charge in [0.2, 0.25) is 0 Å². The lowest BCUT2D eigenvalue weighted by atomic mass is 9.96. The van der Waals surface area contributed by atoms with Gasteiger partial charge in [0.05, 0.1) is 25.8 Å². The molecule has 0 saturated heterocycles. The van der Waals surface area contributed by atoms with Gasteiger partial charge in [-0.25, -0.2) is 4.79 Å². The van der Waals surface area contributed by atoms with Crippen molar-refractivity contribution < 1.29 is 23.8 Å². The molecule has 6 nitrogen and oxygen atoms in total. The zero-order valence-corrected chi connectivity index (χ0v) is 18.0. The normalized spacial score (nSPS) is 15.8. The van der Waals surface area contributed by atoms with Crippen molar-refractivity contribution >= 4 is 11.9 Å². The van der Waals surface area contributed by atoms with Gasteiger partial charge in [-0.15, -0.1) is 0 Å². The summed E-state index contributed by atoms with van der Waals surface area (Å²) in [6.07, 6.45) is 0.0549. The van der Waals surface area contributed by atoms with E-state index in [0.717, 1.165) is 28.2 Å². The van der Waals surface area contributed by atoms with E-state index in [9.17, 15) is 9.59 Å². The number of hydrogen-bond donors (Lipinski definition) is 1. The van der Waals surface area contributed by atoms with Crippen LogP contribution in [0.15, 0.2) is 72.8 Å². The van der Waals surface area contributed by atoms with E-state index in [1.807, 2.05) is 60.7 Å². The maximum absolute atomic E-state index is 13.1. The van der Waals surface area contributed by atoms with E-state index in [2.05, 4.69) is 5.32 Å². The predicted molar refractivity (Wildman–Crippen MR) is 120 cm³/mol. The van der Waals surface area contributed by atoms with Crippen molar-refractivity contribution in [2.75, 3.05) is 14.2 Å². The monoisotopic (exact) mass is 431 g/mol. The number of benzene rings is 3. The maximum Gasteiger partial charge on any atom is 0.339 e. The quantitative estimate of drug-likeness (QED) is 0.575. The number of rotatable bonds is 7. The number of hydrogen-bond acceptors (Lipinski definition) is 5. The molecule has 2 atom stereocenters. The number of carbonyl (C=O) groups excluding carboxylic acids is 2. The van der Waals surface area contributed by atoms with Gasteiger partial charge in [0, 0.05) is 6.42 Å². The van der Waals surface area contributed by atoms with Gasteiger partial charge < -0.3 is 19.5 Å². The van der Waals surface area contributed by atoms with E-state index in [1.165, 1.54) is 0 Å².